The fraction of sp³-hybridized carbons (Fsp3) is 0.562. The summed E-state index contributed by atoms with van der Waals surface area (Å²) < 4.78 is 18.9. The summed E-state index contributed by atoms with van der Waals surface area (Å²) in [6.45, 7) is 8.68. The predicted octanol–water partition coefficient (Wildman–Crippen LogP) is 2.62. The lowest BCUT2D eigenvalue weighted by Crippen LogP contribution is -2.31. The number of ether oxygens (including phenoxy) is 1. The smallest absolute Gasteiger partial charge is 0.223 e. The van der Waals surface area contributed by atoms with Gasteiger partial charge < -0.3 is 15.4 Å². The molecule has 1 aromatic rings. The lowest BCUT2D eigenvalue weighted by atomic mass is 10.2. The van der Waals surface area contributed by atoms with Crippen LogP contribution in [0.2, 0.25) is 0 Å². The van der Waals surface area contributed by atoms with Gasteiger partial charge in [0, 0.05) is 24.2 Å². The minimum atomic E-state index is -0.291. The van der Waals surface area contributed by atoms with E-state index in [2.05, 4.69) is 10.6 Å². The molecule has 1 rings (SSSR count). The van der Waals surface area contributed by atoms with E-state index in [0.29, 0.717) is 18.3 Å². The van der Waals surface area contributed by atoms with E-state index in [-0.39, 0.29) is 30.8 Å². The first-order valence-electron chi connectivity index (χ1n) is 7.32. The molecule has 0 unspecified atom stereocenters. The first-order valence-corrected chi connectivity index (χ1v) is 7.32. The van der Waals surface area contributed by atoms with Crippen LogP contribution in [0.15, 0.2) is 18.2 Å². The van der Waals surface area contributed by atoms with Gasteiger partial charge in [-0.1, -0.05) is 13.8 Å². The molecule has 0 aliphatic heterocycles. The van der Waals surface area contributed by atoms with Gasteiger partial charge in [-0.3, -0.25) is 4.79 Å². The second kappa shape index (κ2) is 8.62. The number of carbonyl (C=O) groups is 1. The highest BCUT2D eigenvalue weighted by molar-refractivity contribution is 5.76. The summed E-state index contributed by atoms with van der Waals surface area (Å²) in [5.74, 6) is 0.274. The Morgan fingerprint density at radius 1 is 1.24 bits per heavy atom. The molecule has 0 spiro atoms. The predicted molar refractivity (Wildman–Crippen MR) is 81.8 cm³/mol. The zero-order valence-corrected chi connectivity index (χ0v) is 13.2. The van der Waals surface area contributed by atoms with Crippen molar-refractivity contribution in [3.63, 3.8) is 0 Å². The number of hydrogen-bond acceptors (Lipinski definition) is 3. The van der Waals surface area contributed by atoms with Crippen LogP contribution in [0, 0.1) is 5.82 Å². The highest BCUT2D eigenvalue weighted by atomic mass is 19.1. The maximum atomic E-state index is 13.3. The second-order valence-electron chi connectivity index (χ2n) is 5.61. The van der Waals surface area contributed by atoms with Gasteiger partial charge in [0.15, 0.2) is 0 Å². The Labute approximate surface area is 126 Å². The molecule has 0 saturated heterocycles. The van der Waals surface area contributed by atoms with Gasteiger partial charge in [0.05, 0.1) is 13.0 Å². The zero-order chi connectivity index (χ0) is 15.8. The Hall–Kier alpha value is -1.62. The van der Waals surface area contributed by atoms with Crippen LogP contribution >= 0.6 is 0 Å². The van der Waals surface area contributed by atoms with Crippen molar-refractivity contribution < 1.29 is 13.9 Å². The third-order valence-corrected chi connectivity index (χ3v) is 2.76. The first kappa shape index (κ1) is 17.4. The summed E-state index contributed by atoms with van der Waals surface area (Å²) in [6.07, 6.45) is 0.284. The zero-order valence-electron chi connectivity index (χ0n) is 13.2. The van der Waals surface area contributed by atoms with E-state index in [1.54, 1.807) is 6.07 Å². The van der Waals surface area contributed by atoms with Crippen LogP contribution < -0.4 is 15.4 Å². The lowest BCUT2D eigenvalue weighted by Gasteiger charge is -2.14. The Kier molecular flexibility index (Phi) is 7.15. The second-order valence-corrected chi connectivity index (χ2v) is 5.61. The first-order chi connectivity index (χ1) is 9.88. The molecule has 0 aromatic heterocycles. The lowest BCUT2D eigenvalue weighted by molar-refractivity contribution is -0.122. The van der Waals surface area contributed by atoms with Crippen LogP contribution in [0.3, 0.4) is 0 Å². The van der Waals surface area contributed by atoms with E-state index in [9.17, 15) is 9.18 Å². The molecular formula is C16H25FN2O2. The van der Waals surface area contributed by atoms with Gasteiger partial charge >= 0.3 is 0 Å². The maximum absolute atomic E-state index is 13.3. The van der Waals surface area contributed by atoms with Gasteiger partial charge in [-0.2, -0.15) is 0 Å². The van der Waals surface area contributed by atoms with Gasteiger partial charge in [0.25, 0.3) is 0 Å². The highest BCUT2D eigenvalue weighted by Gasteiger charge is 2.08. The SMILES string of the molecule is CC(C)NCc1cc(F)ccc1OCCC(=O)NC(C)C. The van der Waals surface area contributed by atoms with Crippen LogP contribution in [0.25, 0.3) is 0 Å². The molecule has 1 amide bonds. The van der Waals surface area contributed by atoms with E-state index in [1.807, 2.05) is 27.7 Å². The number of halogens is 1. The molecule has 0 atom stereocenters. The fourth-order valence-electron chi connectivity index (χ4n) is 1.79. The highest BCUT2D eigenvalue weighted by Crippen LogP contribution is 2.20. The molecule has 0 fully saturated rings. The summed E-state index contributed by atoms with van der Waals surface area (Å²) >= 11 is 0. The van der Waals surface area contributed by atoms with E-state index < -0.39 is 0 Å². The monoisotopic (exact) mass is 296 g/mol. The van der Waals surface area contributed by atoms with Crippen molar-refractivity contribution in [2.24, 2.45) is 0 Å². The van der Waals surface area contributed by atoms with Gasteiger partial charge in [0.2, 0.25) is 5.91 Å². The molecule has 5 heteroatoms. The molecule has 0 aliphatic rings. The van der Waals surface area contributed by atoms with Crippen molar-refractivity contribution >= 4 is 5.91 Å². The Morgan fingerprint density at radius 3 is 2.57 bits per heavy atom. The molecule has 118 valence electrons. The third-order valence-electron chi connectivity index (χ3n) is 2.76. The maximum Gasteiger partial charge on any atom is 0.223 e. The van der Waals surface area contributed by atoms with E-state index in [4.69, 9.17) is 4.74 Å². The quantitative estimate of drug-likeness (QED) is 0.775. The third kappa shape index (κ3) is 7.09. The average Bonchev–Trinajstić information content (AvgIpc) is 2.37. The summed E-state index contributed by atoms with van der Waals surface area (Å²) in [7, 11) is 0. The molecule has 0 saturated carbocycles. The Balaban J connectivity index is 2.55. The summed E-state index contributed by atoms with van der Waals surface area (Å²) in [5, 5.41) is 6.03. The summed E-state index contributed by atoms with van der Waals surface area (Å²) in [5.41, 5.74) is 0.757. The largest absolute Gasteiger partial charge is 0.493 e. The van der Waals surface area contributed by atoms with Crippen LogP contribution in [-0.2, 0) is 11.3 Å². The number of rotatable bonds is 8. The van der Waals surface area contributed by atoms with Gasteiger partial charge in [-0.15, -0.1) is 0 Å². The van der Waals surface area contributed by atoms with Crippen LogP contribution in [0.1, 0.15) is 39.7 Å². The molecule has 21 heavy (non-hydrogen) atoms. The van der Waals surface area contributed by atoms with E-state index >= 15 is 0 Å². The van der Waals surface area contributed by atoms with Crippen LogP contribution in [0.4, 0.5) is 4.39 Å². The number of benzene rings is 1. The molecule has 0 radical (unpaired) electrons. The normalized spacial score (nSPS) is 11.0. The van der Waals surface area contributed by atoms with Crippen LogP contribution in [-0.4, -0.2) is 24.6 Å². The standard InChI is InChI=1S/C16H25FN2O2/c1-11(2)18-10-13-9-14(17)5-6-15(13)21-8-7-16(20)19-12(3)4/h5-6,9,11-12,18H,7-8,10H2,1-4H3,(H,19,20). The van der Waals surface area contributed by atoms with Crippen molar-refractivity contribution in [2.45, 2.75) is 52.7 Å². The Bertz CT molecular complexity index is 462. The van der Waals surface area contributed by atoms with Crippen molar-refractivity contribution in [2.75, 3.05) is 6.61 Å². The number of nitrogens with one attached hydrogen (secondary N) is 2. The molecule has 2 N–H and O–H groups in total. The average molecular weight is 296 g/mol. The minimum Gasteiger partial charge on any atom is -0.493 e. The van der Waals surface area contributed by atoms with Gasteiger partial charge in [-0.25, -0.2) is 4.39 Å². The molecule has 0 bridgehead atoms. The minimum absolute atomic E-state index is 0.0473. The fourth-order valence-corrected chi connectivity index (χ4v) is 1.79. The Morgan fingerprint density at radius 2 is 1.95 bits per heavy atom. The number of hydrogen-bond donors (Lipinski definition) is 2. The molecule has 0 aliphatic carbocycles. The summed E-state index contributed by atoms with van der Waals surface area (Å²) in [4.78, 5) is 11.5. The van der Waals surface area contributed by atoms with Crippen molar-refractivity contribution in [1.29, 1.82) is 0 Å². The van der Waals surface area contributed by atoms with Gasteiger partial charge in [0.1, 0.15) is 11.6 Å². The summed E-state index contributed by atoms with van der Waals surface area (Å²) in [6, 6.07) is 4.85. The molecule has 0 heterocycles. The number of carbonyl (C=O) groups excluding carboxylic acids is 1. The van der Waals surface area contributed by atoms with E-state index in [1.165, 1.54) is 12.1 Å². The van der Waals surface area contributed by atoms with Crippen molar-refractivity contribution in [3.8, 4) is 5.75 Å². The van der Waals surface area contributed by atoms with Crippen LogP contribution in [0.5, 0.6) is 5.75 Å². The van der Waals surface area contributed by atoms with Gasteiger partial charge in [-0.05, 0) is 32.0 Å². The van der Waals surface area contributed by atoms with E-state index in [0.717, 1.165) is 5.56 Å². The topological polar surface area (TPSA) is 50.4 Å². The molecule has 1 aromatic carbocycles. The molecule has 4 nitrogen and oxygen atoms in total. The van der Waals surface area contributed by atoms with Crippen molar-refractivity contribution in [3.05, 3.63) is 29.6 Å². The molecular weight excluding hydrogens is 271 g/mol. The van der Waals surface area contributed by atoms with Crippen molar-refractivity contribution in [1.82, 2.24) is 10.6 Å². The number of amides is 1.